The summed E-state index contributed by atoms with van der Waals surface area (Å²) in [5.74, 6) is -7.08. The van der Waals surface area contributed by atoms with E-state index in [0.717, 1.165) is 0 Å². The second-order valence-electron chi connectivity index (χ2n) is 11.6. The summed E-state index contributed by atoms with van der Waals surface area (Å²) < 4.78 is 0. The lowest BCUT2D eigenvalue weighted by Crippen LogP contribution is -2.59. The average molecular weight is 684 g/mol. The number of hydrogen-bond acceptors (Lipinski definition) is 12. The summed E-state index contributed by atoms with van der Waals surface area (Å²) in [7, 11) is 0. The predicted octanol–water partition coefficient (Wildman–Crippen LogP) is -4.08. The molecule has 0 aliphatic carbocycles. The summed E-state index contributed by atoms with van der Waals surface area (Å²) >= 11 is 0. The Labute approximate surface area is 277 Å². The Morgan fingerprint density at radius 3 is 1.88 bits per heavy atom. The van der Waals surface area contributed by atoms with Crippen molar-refractivity contribution in [2.45, 2.75) is 102 Å². The number of aromatic nitrogens is 2. The second kappa shape index (κ2) is 20.5. The number of imidazole rings is 1. The summed E-state index contributed by atoms with van der Waals surface area (Å²) in [4.78, 5) is 94.5. The summed E-state index contributed by atoms with van der Waals surface area (Å²) in [5.41, 5.74) is 16.9. The number of nitrogens with one attached hydrogen (secondary N) is 7. The fourth-order valence-corrected chi connectivity index (χ4v) is 4.23. The molecule has 0 radical (unpaired) electrons. The standard InChI is InChI=1S/C28H49N11O9/c1-13(2)21(26(46)38-19(27(47)48)10-16-11-32-12-34-16)39-25(45)18(7-8-20(40)41)37-23(43)15(4)35-24(44)17(36-22(42)14(3)29)6-5-9-33-28(30)31/h11-15,17-19,21,28,33H,5-10,29-31H2,1-4H3,(H,32,34)(H,35,44)(H,36,42)(H,37,43)(H,38,46)(H,39,45)(H,40,41)(H,47,48)/t14-,15-,17-,18-,19-,21-/m0/s1. The van der Waals surface area contributed by atoms with Gasteiger partial charge in [0, 0.05) is 24.7 Å². The molecule has 0 saturated heterocycles. The van der Waals surface area contributed by atoms with E-state index < -0.39 is 96.4 Å². The molecule has 0 bridgehead atoms. The van der Waals surface area contributed by atoms with Crippen molar-refractivity contribution in [1.29, 1.82) is 0 Å². The molecule has 0 fully saturated rings. The van der Waals surface area contributed by atoms with Crippen LogP contribution in [0.1, 0.15) is 59.1 Å². The van der Waals surface area contributed by atoms with Gasteiger partial charge in [0.05, 0.1) is 12.4 Å². The number of nitrogens with two attached hydrogens (primary N) is 3. The Kier molecular flexibility index (Phi) is 17.7. The van der Waals surface area contributed by atoms with Crippen molar-refractivity contribution < 1.29 is 43.8 Å². The summed E-state index contributed by atoms with van der Waals surface area (Å²) in [6, 6.07) is -7.35. The van der Waals surface area contributed by atoms with E-state index in [1.54, 1.807) is 13.8 Å². The minimum absolute atomic E-state index is 0.116. The number of aromatic amines is 1. The Balaban J connectivity index is 3.02. The molecule has 1 aromatic heterocycles. The largest absolute Gasteiger partial charge is 0.481 e. The first kappa shape index (κ1) is 41.4. The molecule has 5 amide bonds. The lowest BCUT2D eigenvalue weighted by molar-refractivity contribution is -0.142. The van der Waals surface area contributed by atoms with Crippen molar-refractivity contribution in [3.63, 3.8) is 0 Å². The van der Waals surface area contributed by atoms with Crippen LogP contribution in [0.15, 0.2) is 12.5 Å². The molecular formula is C28H49N11O9. The third-order valence-electron chi connectivity index (χ3n) is 6.97. The highest BCUT2D eigenvalue weighted by Gasteiger charge is 2.33. The van der Waals surface area contributed by atoms with Gasteiger partial charge < -0.3 is 59.0 Å². The van der Waals surface area contributed by atoms with Crippen molar-refractivity contribution in [1.82, 2.24) is 41.9 Å². The van der Waals surface area contributed by atoms with Crippen LogP contribution < -0.4 is 49.1 Å². The number of carbonyl (C=O) groups is 7. The Morgan fingerprint density at radius 1 is 0.771 bits per heavy atom. The number of carboxylic acid groups (broad SMARTS) is 2. The molecule has 270 valence electrons. The molecule has 6 atom stereocenters. The van der Waals surface area contributed by atoms with E-state index in [4.69, 9.17) is 17.2 Å². The molecule has 15 N–H and O–H groups in total. The van der Waals surface area contributed by atoms with Crippen LogP contribution in [0.2, 0.25) is 0 Å². The molecule has 0 aromatic carbocycles. The fourth-order valence-electron chi connectivity index (χ4n) is 4.23. The topological polar surface area (TPSA) is 339 Å². The molecular weight excluding hydrogens is 634 g/mol. The van der Waals surface area contributed by atoms with Crippen LogP contribution >= 0.6 is 0 Å². The van der Waals surface area contributed by atoms with E-state index in [-0.39, 0.29) is 19.3 Å². The molecule has 0 aliphatic heterocycles. The molecule has 0 unspecified atom stereocenters. The maximum atomic E-state index is 13.3. The van der Waals surface area contributed by atoms with E-state index in [0.29, 0.717) is 18.7 Å². The normalized spacial score (nSPS) is 14.9. The van der Waals surface area contributed by atoms with Gasteiger partial charge in [-0.25, -0.2) is 9.78 Å². The molecule has 1 aromatic rings. The van der Waals surface area contributed by atoms with E-state index in [1.807, 2.05) is 0 Å². The number of amides is 5. The SMILES string of the molecule is CC(C)[C@H](NC(=O)[C@H](CCC(=O)O)NC(=O)[C@H](C)NC(=O)[C@H](CCCNC(N)N)NC(=O)[C@H](C)N)C(=O)N[C@@H](Cc1cnc[nH]1)C(=O)O. The average Bonchev–Trinajstić information content (AvgIpc) is 3.51. The zero-order chi connectivity index (χ0) is 36.6. The lowest BCUT2D eigenvalue weighted by atomic mass is 10.0. The third kappa shape index (κ3) is 15.3. The van der Waals surface area contributed by atoms with Gasteiger partial charge in [-0.05, 0) is 45.6 Å². The van der Waals surface area contributed by atoms with Crippen molar-refractivity contribution in [3.05, 3.63) is 18.2 Å². The maximum absolute atomic E-state index is 13.3. The first-order valence-electron chi connectivity index (χ1n) is 15.4. The molecule has 0 aliphatic rings. The van der Waals surface area contributed by atoms with Gasteiger partial charge in [-0.15, -0.1) is 0 Å². The van der Waals surface area contributed by atoms with E-state index in [1.165, 1.54) is 26.4 Å². The van der Waals surface area contributed by atoms with Crippen molar-refractivity contribution >= 4 is 41.5 Å². The van der Waals surface area contributed by atoms with Gasteiger partial charge in [-0.3, -0.25) is 34.1 Å². The molecule has 20 heteroatoms. The van der Waals surface area contributed by atoms with Gasteiger partial charge in [0.15, 0.2) is 0 Å². The van der Waals surface area contributed by atoms with Crippen LogP contribution in [-0.4, -0.2) is 111 Å². The van der Waals surface area contributed by atoms with Gasteiger partial charge in [-0.1, -0.05) is 13.8 Å². The number of carboxylic acids is 2. The number of H-pyrrole nitrogens is 1. The van der Waals surface area contributed by atoms with Crippen LogP contribution in [0.25, 0.3) is 0 Å². The Morgan fingerprint density at radius 2 is 1.35 bits per heavy atom. The van der Waals surface area contributed by atoms with Crippen LogP contribution in [0.3, 0.4) is 0 Å². The molecule has 48 heavy (non-hydrogen) atoms. The second-order valence-corrected chi connectivity index (χ2v) is 11.6. The summed E-state index contributed by atoms with van der Waals surface area (Å²) in [6.45, 7) is 6.26. The zero-order valence-electron chi connectivity index (χ0n) is 27.4. The predicted molar refractivity (Wildman–Crippen MR) is 170 cm³/mol. The highest BCUT2D eigenvalue weighted by atomic mass is 16.4. The van der Waals surface area contributed by atoms with Crippen LogP contribution in [0.4, 0.5) is 0 Å². The molecule has 0 spiro atoms. The number of aliphatic carboxylic acids is 2. The Hall–Kier alpha value is -4.66. The van der Waals surface area contributed by atoms with Gasteiger partial charge in [-0.2, -0.15) is 0 Å². The van der Waals surface area contributed by atoms with Crippen LogP contribution in [0.5, 0.6) is 0 Å². The monoisotopic (exact) mass is 683 g/mol. The minimum atomic E-state index is -1.46. The number of carbonyl (C=O) groups excluding carboxylic acids is 5. The van der Waals surface area contributed by atoms with Crippen molar-refractivity contribution in [3.8, 4) is 0 Å². The third-order valence-corrected chi connectivity index (χ3v) is 6.97. The molecule has 0 saturated carbocycles. The number of hydrogen-bond donors (Lipinski definition) is 12. The number of rotatable bonds is 22. The van der Waals surface area contributed by atoms with Crippen molar-refractivity contribution in [2.75, 3.05) is 6.54 Å². The van der Waals surface area contributed by atoms with Gasteiger partial charge in [0.25, 0.3) is 0 Å². The highest BCUT2D eigenvalue weighted by molar-refractivity contribution is 5.96. The number of nitrogens with zero attached hydrogens (tertiary/aromatic N) is 1. The minimum Gasteiger partial charge on any atom is -0.481 e. The van der Waals surface area contributed by atoms with Gasteiger partial charge >= 0.3 is 11.9 Å². The first-order valence-corrected chi connectivity index (χ1v) is 15.4. The summed E-state index contributed by atoms with van der Waals surface area (Å²) in [5, 5.41) is 33.8. The smallest absolute Gasteiger partial charge is 0.326 e. The molecule has 20 nitrogen and oxygen atoms in total. The highest BCUT2D eigenvalue weighted by Crippen LogP contribution is 2.08. The van der Waals surface area contributed by atoms with E-state index in [9.17, 15) is 43.8 Å². The molecule has 1 rings (SSSR count). The Bertz CT molecular complexity index is 1240. The van der Waals surface area contributed by atoms with Crippen LogP contribution in [0, 0.1) is 5.92 Å². The maximum Gasteiger partial charge on any atom is 0.326 e. The first-order chi connectivity index (χ1) is 22.4. The van der Waals surface area contributed by atoms with E-state index in [2.05, 4.69) is 41.9 Å². The molecule has 1 heterocycles. The zero-order valence-corrected chi connectivity index (χ0v) is 27.4. The fraction of sp³-hybridized carbons (Fsp3) is 0.643. The lowest BCUT2D eigenvalue weighted by Gasteiger charge is -2.27. The van der Waals surface area contributed by atoms with Crippen molar-refractivity contribution in [2.24, 2.45) is 23.1 Å². The van der Waals surface area contributed by atoms with Gasteiger partial charge in [0.2, 0.25) is 29.5 Å². The quantitative estimate of drug-likeness (QED) is 0.0409. The summed E-state index contributed by atoms with van der Waals surface area (Å²) in [6.07, 6.45) is 1.43. The van der Waals surface area contributed by atoms with E-state index >= 15 is 0 Å². The van der Waals surface area contributed by atoms with Crippen LogP contribution in [-0.2, 0) is 40.0 Å². The van der Waals surface area contributed by atoms with Gasteiger partial charge in [0.1, 0.15) is 36.5 Å².